The summed E-state index contributed by atoms with van der Waals surface area (Å²) in [7, 11) is 1.53. The van der Waals surface area contributed by atoms with E-state index in [1.807, 2.05) is 37.3 Å². The Morgan fingerprint density at radius 2 is 1.19 bits per heavy atom. The molecular weight excluding hydrogens is 1060 g/mol. The summed E-state index contributed by atoms with van der Waals surface area (Å²) in [6.07, 6.45) is -2.13. The van der Waals surface area contributed by atoms with Gasteiger partial charge in [0.25, 0.3) is 0 Å². The van der Waals surface area contributed by atoms with Gasteiger partial charge in [-0.25, -0.2) is 0 Å². The lowest BCUT2D eigenvalue weighted by molar-refractivity contribution is -0.142. The highest BCUT2D eigenvalue weighted by Crippen LogP contribution is 2.23. The molecule has 14 N–H and O–H groups in total. The quantitative estimate of drug-likeness (QED) is 0.121. The number of aryl methyl sites for hydroxylation is 2. The molecule has 1 aliphatic heterocycles. The van der Waals surface area contributed by atoms with E-state index < -0.39 is 139 Å². The molecule has 79 heavy (non-hydrogen) atoms. The first-order valence-corrected chi connectivity index (χ1v) is 27.8. The maximum absolute atomic E-state index is 13.9. The molecule has 25 heteroatoms. The lowest BCUT2D eigenvalue weighted by atomic mass is 9.85. The van der Waals surface area contributed by atoms with Crippen molar-refractivity contribution in [1.82, 2.24) is 42.5 Å². The molecule has 0 unspecified atom stereocenters. The van der Waals surface area contributed by atoms with Gasteiger partial charge in [-0.05, 0) is 66.6 Å². The fourth-order valence-corrected chi connectivity index (χ4v) is 9.94. The Morgan fingerprint density at radius 3 is 1.73 bits per heavy atom. The summed E-state index contributed by atoms with van der Waals surface area (Å²) in [5.74, 6) is -8.91. The molecule has 0 saturated carbocycles. The minimum Gasteiger partial charge on any atom is -0.508 e. The Labute approximate surface area is 467 Å². The summed E-state index contributed by atoms with van der Waals surface area (Å²) in [6.45, 7) is 8.27. The third kappa shape index (κ3) is 24.6. The van der Waals surface area contributed by atoms with E-state index in [0.717, 1.165) is 23.1 Å². The summed E-state index contributed by atoms with van der Waals surface area (Å²) < 4.78 is 0. The zero-order valence-electron chi connectivity index (χ0n) is 45.2. The third-order valence-corrected chi connectivity index (χ3v) is 14.3. The summed E-state index contributed by atoms with van der Waals surface area (Å²) in [5.41, 5.74) is 9.80. The zero-order valence-corrected chi connectivity index (χ0v) is 46.9. The summed E-state index contributed by atoms with van der Waals surface area (Å²) in [4.78, 5) is 131. The number of nitrogens with one attached hydrogen (secondary N) is 8. The molecule has 0 aliphatic carbocycles. The second-order valence-corrected chi connectivity index (χ2v) is 21.9. The number of likely N-dealkylation sites (N-methyl/N-ethyl adjacent to an activating group) is 1. The standard InChI is InChI=1S/C46H65N9O13S2.C8H10O/c1-25-13-27-15-28(14-25)22-70-24-34(48-5)44(67)52-30(11-12-36(57)58)41(64)54-33(18-38(61)62)42(65)53-31(16-26-9-7-6-8-10-26)40(63)49-20-35(56)51-32(17-37(59)60)43(66)55-39(46(2,3)4)45(68)50-29(19-47)23-69-21-27;1-2-7-3-5-8(9)6-4-7/h6-10,13-15,29-34,39,48H,11-12,16-24,47H2,1-5H3,(H,49,63)(H,50,68)(H,51,56)(H,52,67)(H,53,65)(H,54,64)(H,55,66)(H,57,58)(H,59,60)(H,61,62);3-6,9H,2H2,1H3/t29-,30+,31+,32+,33+,34+,39-;/m0./s1. The minimum atomic E-state index is -1.86. The van der Waals surface area contributed by atoms with Crippen molar-refractivity contribution in [3.8, 4) is 5.75 Å². The van der Waals surface area contributed by atoms with Gasteiger partial charge < -0.3 is 68.7 Å². The van der Waals surface area contributed by atoms with Gasteiger partial charge in [0.05, 0.1) is 31.5 Å². The number of carbonyl (C=O) groups excluding carboxylic acids is 7. The molecule has 1 aliphatic rings. The van der Waals surface area contributed by atoms with Crippen LogP contribution < -0.4 is 48.3 Å². The van der Waals surface area contributed by atoms with Crippen molar-refractivity contribution in [2.24, 2.45) is 11.1 Å². The first kappa shape index (κ1) is 66.1. The zero-order chi connectivity index (χ0) is 58.8. The molecule has 432 valence electrons. The predicted molar refractivity (Wildman–Crippen MR) is 298 cm³/mol. The van der Waals surface area contributed by atoms with Crippen molar-refractivity contribution in [1.29, 1.82) is 0 Å². The maximum Gasteiger partial charge on any atom is 0.305 e. The molecule has 7 atom stereocenters. The van der Waals surface area contributed by atoms with Crippen LogP contribution in [0.25, 0.3) is 0 Å². The van der Waals surface area contributed by atoms with Crippen LogP contribution >= 0.6 is 23.5 Å². The predicted octanol–water partition coefficient (Wildman–Crippen LogP) is 1.10. The number of carboxylic acids is 3. The Bertz CT molecular complexity index is 2570. The van der Waals surface area contributed by atoms with E-state index in [4.69, 9.17) is 10.8 Å². The lowest BCUT2D eigenvalue weighted by Crippen LogP contribution is -2.60. The number of aliphatic carboxylic acids is 3. The Kier molecular flexibility index (Phi) is 27.8. The van der Waals surface area contributed by atoms with Gasteiger partial charge >= 0.3 is 17.9 Å². The van der Waals surface area contributed by atoms with Gasteiger partial charge in [0.1, 0.15) is 36.0 Å². The van der Waals surface area contributed by atoms with Crippen molar-refractivity contribution in [3.05, 3.63) is 101 Å². The summed E-state index contributed by atoms with van der Waals surface area (Å²) >= 11 is 2.91. The number of aromatic hydroxyl groups is 1. The van der Waals surface area contributed by atoms with Crippen LogP contribution in [0, 0.1) is 12.3 Å². The van der Waals surface area contributed by atoms with Gasteiger partial charge in [-0.2, -0.15) is 23.5 Å². The van der Waals surface area contributed by atoms with Gasteiger partial charge in [0.15, 0.2) is 0 Å². The number of benzene rings is 3. The van der Waals surface area contributed by atoms with E-state index in [2.05, 4.69) is 49.5 Å². The number of amides is 7. The Hall–Kier alpha value is -7.22. The molecule has 23 nitrogen and oxygen atoms in total. The number of fused-ring (bicyclic) bond motifs is 2. The normalized spacial score (nSPS) is 22.0. The van der Waals surface area contributed by atoms with Crippen LogP contribution in [0.15, 0.2) is 72.8 Å². The summed E-state index contributed by atoms with van der Waals surface area (Å²) in [6, 6.07) is 12.2. The van der Waals surface area contributed by atoms with Crippen LogP contribution in [0.5, 0.6) is 5.75 Å². The lowest BCUT2D eigenvalue weighted by Gasteiger charge is -2.33. The fraction of sp³-hybridized carbons (Fsp3) is 0.481. The van der Waals surface area contributed by atoms with E-state index in [1.165, 1.54) is 36.1 Å². The molecule has 0 saturated heterocycles. The monoisotopic (exact) mass is 1140 g/mol. The van der Waals surface area contributed by atoms with E-state index in [0.29, 0.717) is 28.6 Å². The topological polar surface area (TPSA) is 374 Å². The molecule has 4 rings (SSSR count). The van der Waals surface area contributed by atoms with Crippen molar-refractivity contribution in [3.63, 3.8) is 0 Å². The van der Waals surface area contributed by atoms with Gasteiger partial charge in [-0.3, -0.25) is 47.9 Å². The van der Waals surface area contributed by atoms with Crippen LogP contribution in [0.2, 0.25) is 0 Å². The molecular formula is C54H75N9O14S2. The van der Waals surface area contributed by atoms with Crippen LogP contribution in [-0.2, 0) is 72.3 Å². The van der Waals surface area contributed by atoms with Crippen LogP contribution in [0.3, 0.4) is 0 Å². The number of thioether (sulfide) groups is 2. The molecule has 3 aromatic carbocycles. The minimum absolute atomic E-state index is 0.0483. The smallest absolute Gasteiger partial charge is 0.305 e. The van der Waals surface area contributed by atoms with Crippen molar-refractivity contribution < 1.29 is 68.4 Å². The number of nitrogens with two attached hydrogens (primary N) is 1. The molecule has 2 bridgehead atoms. The Morgan fingerprint density at radius 1 is 0.646 bits per heavy atom. The average Bonchev–Trinajstić information content (AvgIpc) is 3.39. The average molecular weight is 1140 g/mol. The fourth-order valence-electron chi connectivity index (χ4n) is 7.84. The summed E-state index contributed by atoms with van der Waals surface area (Å²) in [5, 5.41) is 58.0. The SMILES string of the molecule is CCc1ccc(O)cc1.CN[C@@H]1CSCc2cc(C)cc(c2)CSC[C@H](CN)NC(=O)[C@@H](C(C)(C)C)NC(=O)[C@@H](CC(=O)O)NC(=O)CNC(=O)[C@@H](Cc2ccccc2)NC(=O)[C@@H](CC(=O)O)NC(=O)[C@@H](CCC(=O)O)NC1=O. The molecule has 1 heterocycles. The van der Waals surface area contributed by atoms with Crippen LogP contribution in [0.4, 0.5) is 0 Å². The maximum atomic E-state index is 13.9. The highest BCUT2D eigenvalue weighted by atomic mass is 32.2. The van der Waals surface area contributed by atoms with E-state index in [9.17, 15) is 63.3 Å². The van der Waals surface area contributed by atoms with Crippen LogP contribution in [0.1, 0.15) is 81.2 Å². The van der Waals surface area contributed by atoms with E-state index in [-0.39, 0.29) is 18.7 Å². The van der Waals surface area contributed by atoms with Crippen molar-refractivity contribution in [2.75, 3.05) is 31.6 Å². The number of phenols is 1. The molecule has 0 aromatic heterocycles. The van der Waals surface area contributed by atoms with Gasteiger partial charge in [0, 0.05) is 42.4 Å². The largest absolute Gasteiger partial charge is 0.508 e. The van der Waals surface area contributed by atoms with Crippen molar-refractivity contribution >= 4 is 82.8 Å². The molecule has 0 spiro atoms. The van der Waals surface area contributed by atoms with Crippen molar-refractivity contribution in [2.45, 2.75) is 127 Å². The first-order valence-electron chi connectivity index (χ1n) is 25.5. The molecule has 7 amide bonds. The number of carboxylic acid groups (broad SMARTS) is 3. The third-order valence-electron chi connectivity index (χ3n) is 12.1. The van der Waals surface area contributed by atoms with Crippen LogP contribution in [-0.4, -0.2) is 154 Å². The highest BCUT2D eigenvalue weighted by molar-refractivity contribution is 7.98. The second kappa shape index (κ2) is 33.3. The van der Waals surface area contributed by atoms with Gasteiger partial charge in [-0.15, -0.1) is 0 Å². The van der Waals surface area contributed by atoms with E-state index in [1.54, 1.807) is 63.2 Å². The second-order valence-electron chi connectivity index (χ2n) is 19.8. The van der Waals surface area contributed by atoms with Gasteiger partial charge in [0.2, 0.25) is 41.4 Å². The first-order chi connectivity index (χ1) is 37.3. The number of hydrogen-bond donors (Lipinski definition) is 13. The molecule has 0 radical (unpaired) electrons. The molecule has 3 aromatic rings. The number of hydrogen-bond acceptors (Lipinski definition) is 15. The molecule has 0 fully saturated rings. The number of rotatable bonds is 12. The number of carbonyl (C=O) groups is 10. The number of phenolic OH excluding ortho intramolecular Hbond substituents is 1. The highest BCUT2D eigenvalue weighted by Gasteiger charge is 2.37. The van der Waals surface area contributed by atoms with E-state index >= 15 is 0 Å². The Balaban J connectivity index is 0.00000165. The van der Waals surface area contributed by atoms with Gasteiger partial charge in [-0.1, -0.05) is 93.9 Å².